The Bertz CT molecular complexity index is 934. The lowest BCUT2D eigenvalue weighted by molar-refractivity contribution is -0.385. The van der Waals surface area contributed by atoms with Crippen LogP contribution in [0.4, 0.5) is 5.69 Å². The maximum absolute atomic E-state index is 12.1. The number of para-hydroxylation sites is 1. The number of benzene rings is 2. The molecule has 0 fully saturated rings. The van der Waals surface area contributed by atoms with E-state index in [1.807, 2.05) is 30.3 Å². The van der Waals surface area contributed by atoms with Crippen molar-refractivity contribution in [3.63, 3.8) is 0 Å². The van der Waals surface area contributed by atoms with E-state index < -0.39 is 10.8 Å². The first-order valence-electron chi connectivity index (χ1n) is 7.33. The number of hydrazone groups is 1. The number of nitro benzene ring substituents is 1. The molecule has 25 heavy (non-hydrogen) atoms. The smallest absolute Gasteiger partial charge is 0.272 e. The molecule has 0 atom stereocenters. The van der Waals surface area contributed by atoms with E-state index in [0.717, 1.165) is 5.56 Å². The SMILES string of the molecule is O=C(NN=Cc1ccccc1[N+](=O)[O-])c1cc(-c2ccccc2)n[nH]1. The topological polar surface area (TPSA) is 113 Å². The fourth-order valence-corrected chi connectivity index (χ4v) is 2.18. The summed E-state index contributed by atoms with van der Waals surface area (Å²) >= 11 is 0. The molecule has 0 unspecified atom stereocenters. The Labute approximate surface area is 142 Å². The van der Waals surface area contributed by atoms with Crippen LogP contribution in [0.1, 0.15) is 16.1 Å². The Morgan fingerprint density at radius 2 is 1.88 bits per heavy atom. The fraction of sp³-hybridized carbons (Fsp3) is 0. The molecule has 8 heteroatoms. The number of aromatic nitrogens is 2. The normalized spacial score (nSPS) is 10.7. The molecular formula is C17H13N5O3. The molecule has 0 aliphatic rings. The molecule has 0 saturated carbocycles. The van der Waals surface area contributed by atoms with Gasteiger partial charge in [-0.3, -0.25) is 20.0 Å². The maximum atomic E-state index is 12.1. The highest BCUT2D eigenvalue weighted by molar-refractivity contribution is 5.94. The lowest BCUT2D eigenvalue weighted by atomic mass is 10.1. The molecule has 2 N–H and O–H groups in total. The molecule has 8 nitrogen and oxygen atoms in total. The molecule has 3 aromatic rings. The molecular weight excluding hydrogens is 322 g/mol. The van der Waals surface area contributed by atoms with Crippen LogP contribution < -0.4 is 5.43 Å². The van der Waals surface area contributed by atoms with E-state index in [1.165, 1.54) is 18.3 Å². The number of rotatable bonds is 5. The van der Waals surface area contributed by atoms with Crippen molar-refractivity contribution in [2.75, 3.05) is 0 Å². The third-order valence-corrected chi connectivity index (χ3v) is 3.40. The lowest BCUT2D eigenvalue weighted by Crippen LogP contribution is -2.18. The molecule has 3 rings (SSSR count). The molecule has 0 bridgehead atoms. The van der Waals surface area contributed by atoms with Gasteiger partial charge in [0.15, 0.2) is 0 Å². The number of nitro groups is 1. The molecule has 124 valence electrons. The molecule has 0 aliphatic heterocycles. The van der Waals surface area contributed by atoms with E-state index in [2.05, 4.69) is 20.7 Å². The van der Waals surface area contributed by atoms with Crippen LogP contribution in [-0.4, -0.2) is 27.2 Å². The average molecular weight is 335 g/mol. The first-order valence-corrected chi connectivity index (χ1v) is 7.33. The van der Waals surface area contributed by atoms with Gasteiger partial charge in [-0.2, -0.15) is 10.2 Å². The van der Waals surface area contributed by atoms with Crippen molar-refractivity contribution in [1.82, 2.24) is 15.6 Å². The van der Waals surface area contributed by atoms with Gasteiger partial charge < -0.3 is 0 Å². The summed E-state index contributed by atoms with van der Waals surface area (Å²) in [4.78, 5) is 22.5. The van der Waals surface area contributed by atoms with E-state index in [-0.39, 0.29) is 11.4 Å². The van der Waals surface area contributed by atoms with Crippen molar-refractivity contribution in [3.05, 3.63) is 82.0 Å². The number of nitrogens with one attached hydrogen (secondary N) is 2. The highest BCUT2D eigenvalue weighted by Gasteiger charge is 2.12. The summed E-state index contributed by atoms with van der Waals surface area (Å²) in [6.07, 6.45) is 1.23. The van der Waals surface area contributed by atoms with Crippen LogP contribution in [-0.2, 0) is 0 Å². The molecule has 0 aliphatic carbocycles. The Morgan fingerprint density at radius 3 is 2.64 bits per heavy atom. The van der Waals surface area contributed by atoms with Crippen LogP contribution >= 0.6 is 0 Å². The van der Waals surface area contributed by atoms with E-state index in [4.69, 9.17) is 0 Å². The van der Waals surface area contributed by atoms with Crippen molar-refractivity contribution in [1.29, 1.82) is 0 Å². The van der Waals surface area contributed by atoms with Gasteiger partial charge in [-0.05, 0) is 12.1 Å². The number of H-pyrrole nitrogens is 1. The van der Waals surface area contributed by atoms with Crippen LogP contribution in [0, 0.1) is 10.1 Å². The number of carbonyl (C=O) groups excluding carboxylic acids is 1. The molecule has 2 aromatic carbocycles. The summed E-state index contributed by atoms with van der Waals surface area (Å²) < 4.78 is 0. The van der Waals surface area contributed by atoms with Crippen LogP contribution in [0.15, 0.2) is 65.8 Å². The van der Waals surface area contributed by atoms with Gasteiger partial charge in [-0.1, -0.05) is 42.5 Å². The number of hydrogen-bond donors (Lipinski definition) is 2. The van der Waals surface area contributed by atoms with Crippen molar-refractivity contribution in [2.24, 2.45) is 5.10 Å². The predicted molar refractivity (Wildman–Crippen MR) is 92.2 cm³/mol. The van der Waals surface area contributed by atoms with Crippen molar-refractivity contribution >= 4 is 17.8 Å². The summed E-state index contributed by atoms with van der Waals surface area (Å²) in [5.41, 5.74) is 4.26. The number of aromatic amines is 1. The largest absolute Gasteiger partial charge is 0.289 e. The Kier molecular flexibility index (Phi) is 4.61. The molecule has 0 radical (unpaired) electrons. The second-order valence-corrected chi connectivity index (χ2v) is 5.05. The van der Waals surface area contributed by atoms with E-state index in [1.54, 1.807) is 18.2 Å². The van der Waals surface area contributed by atoms with Gasteiger partial charge in [0, 0.05) is 11.6 Å². The van der Waals surface area contributed by atoms with E-state index in [9.17, 15) is 14.9 Å². The average Bonchev–Trinajstić information content (AvgIpc) is 3.13. The van der Waals surface area contributed by atoms with Crippen LogP contribution in [0.2, 0.25) is 0 Å². The summed E-state index contributed by atoms with van der Waals surface area (Å²) in [5, 5.41) is 21.4. The van der Waals surface area contributed by atoms with Gasteiger partial charge >= 0.3 is 0 Å². The van der Waals surface area contributed by atoms with Crippen molar-refractivity contribution < 1.29 is 9.72 Å². The number of amides is 1. The minimum atomic E-state index is -0.510. The molecule has 1 heterocycles. The molecule has 0 saturated heterocycles. The van der Waals surface area contributed by atoms with Gasteiger partial charge in [0.1, 0.15) is 5.69 Å². The number of nitrogens with zero attached hydrogens (tertiary/aromatic N) is 3. The quantitative estimate of drug-likeness (QED) is 0.424. The minimum absolute atomic E-state index is 0.0894. The highest BCUT2D eigenvalue weighted by Crippen LogP contribution is 2.17. The van der Waals surface area contributed by atoms with E-state index in [0.29, 0.717) is 11.3 Å². The zero-order chi connectivity index (χ0) is 17.6. The highest BCUT2D eigenvalue weighted by atomic mass is 16.6. The standard InChI is InChI=1S/C17H13N5O3/c23-17(15-10-14(19-20-15)12-6-2-1-3-7-12)21-18-11-13-8-4-5-9-16(13)22(24)25/h1-11H,(H,19,20)(H,21,23). The Morgan fingerprint density at radius 1 is 1.16 bits per heavy atom. The lowest BCUT2D eigenvalue weighted by Gasteiger charge is -1.97. The van der Waals surface area contributed by atoms with Crippen molar-refractivity contribution in [2.45, 2.75) is 0 Å². The monoisotopic (exact) mass is 335 g/mol. The van der Waals surface area contributed by atoms with Gasteiger partial charge in [0.05, 0.1) is 22.4 Å². The first-order chi connectivity index (χ1) is 12.1. The van der Waals surface area contributed by atoms with Gasteiger partial charge in [0.25, 0.3) is 11.6 Å². The third kappa shape index (κ3) is 3.75. The van der Waals surface area contributed by atoms with Gasteiger partial charge in [-0.15, -0.1) is 0 Å². The van der Waals surface area contributed by atoms with E-state index >= 15 is 0 Å². The summed E-state index contributed by atoms with van der Waals surface area (Å²) in [6.45, 7) is 0. The molecule has 0 spiro atoms. The number of hydrogen-bond acceptors (Lipinski definition) is 5. The zero-order valence-corrected chi connectivity index (χ0v) is 12.9. The third-order valence-electron chi connectivity index (χ3n) is 3.40. The summed E-state index contributed by atoms with van der Waals surface area (Å²) in [7, 11) is 0. The van der Waals surface area contributed by atoms with Crippen LogP contribution in [0.25, 0.3) is 11.3 Å². The Hall–Kier alpha value is -3.81. The summed E-state index contributed by atoms with van der Waals surface area (Å²) in [5.74, 6) is -0.496. The second-order valence-electron chi connectivity index (χ2n) is 5.05. The molecule has 1 aromatic heterocycles. The van der Waals surface area contributed by atoms with Crippen molar-refractivity contribution in [3.8, 4) is 11.3 Å². The maximum Gasteiger partial charge on any atom is 0.289 e. The Balaban J connectivity index is 1.70. The van der Waals surface area contributed by atoms with Crippen LogP contribution in [0.3, 0.4) is 0 Å². The molecule has 1 amide bonds. The second kappa shape index (κ2) is 7.18. The first kappa shape index (κ1) is 16.1. The number of carbonyl (C=O) groups is 1. The zero-order valence-electron chi connectivity index (χ0n) is 12.9. The fourth-order valence-electron chi connectivity index (χ4n) is 2.18. The van der Waals surface area contributed by atoms with Gasteiger partial charge in [0.2, 0.25) is 0 Å². The minimum Gasteiger partial charge on any atom is -0.272 e. The van der Waals surface area contributed by atoms with Gasteiger partial charge in [-0.25, -0.2) is 5.43 Å². The van der Waals surface area contributed by atoms with Crippen LogP contribution in [0.5, 0.6) is 0 Å². The summed E-state index contributed by atoms with van der Waals surface area (Å²) in [6, 6.07) is 17.1. The predicted octanol–water partition coefficient (Wildman–Crippen LogP) is 2.75.